The molecule has 2 aromatic carbocycles. The lowest BCUT2D eigenvalue weighted by atomic mass is 10.2. The maximum absolute atomic E-state index is 12.9. The van der Waals surface area contributed by atoms with E-state index in [9.17, 15) is 18.0 Å². The van der Waals surface area contributed by atoms with Gasteiger partial charge in [-0.25, -0.2) is 0 Å². The first-order valence-corrected chi connectivity index (χ1v) is 8.16. The second kappa shape index (κ2) is 9.82. The van der Waals surface area contributed by atoms with Gasteiger partial charge in [0.2, 0.25) is 0 Å². The monoisotopic (exact) mass is 383 g/mol. The van der Waals surface area contributed by atoms with E-state index in [0.29, 0.717) is 19.0 Å². The number of para-hydroxylation sites is 1. The fourth-order valence-electron chi connectivity index (χ4n) is 2.21. The molecule has 0 bridgehead atoms. The van der Waals surface area contributed by atoms with Gasteiger partial charge in [0.1, 0.15) is 18.1 Å². The highest BCUT2D eigenvalue weighted by atomic mass is 19.4. The van der Waals surface area contributed by atoms with E-state index in [4.69, 9.17) is 14.2 Å². The van der Waals surface area contributed by atoms with Crippen molar-refractivity contribution in [3.05, 3.63) is 59.7 Å². The molecular formula is C19H20F3NO4. The summed E-state index contributed by atoms with van der Waals surface area (Å²) in [5.74, 6) is -0.277. The Labute approximate surface area is 155 Å². The van der Waals surface area contributed by atoms with E-state index in [1.54, 1.807) is 31.4 Å². The van der Waals surface area contributed by atoms with Gasteiger partial charge in [-0.15, -0.1) is 0 Å². The van der Waals surface area contributed by atoms with Crippen LogP contribution in [0.15, 0.2) is 48.5 Å². The molecule has 0 aromatic heterocycles. The highest BCUT2D eigenvalue weighted by Gasteiger charge is 2.34. The molecule has 146 valence electrons. The van der Waals surface area contributed by atoms with Gasteiger partial charge in [0.25, 0.3) is 5.91 Å². The Balaban J connectivity index is 1.84. The van der Waals surface area contributed by atoms with Crippen molar-refractivity contribution in [3.8, 4) is 11.5 Å². The minimum Gasteiger partial charge on any atom is -0.491 e. The number of nitrogens with one attached hydrogen (secondary N) is 1. The molecule has 27 heavy (non-hydrogen) atoms. The molecule has 0 aliphatic carbocycles. The Kier molecular flexibility index (Phi) is 7.48. The van der Waals surface area contributed by atoms with E-state index >= 15 is 0 Å². The van der Waals surface area contributed by atoms with Gasteiger partial charge in [0, 0.05) is 13.7 Å². The summed E-state index contributed by atoms with van der Waals surface area (Å²) in [6, 6.07) is 11.9. The van der Waals surface area contributed by atoms with Crippen molar-refractivity contribution in [2.45, 2.75) is 12.7 Å². The maximum atomic E-state index is 12.9. The average Bonchev–Trinajstić information content (AvgIpc) is 2.65. The normalized spacial score (nSPS) is 11.1. The van der Waals surface area contributed by atoms with Crippen LogP contribution in [0.1, 0.15) is 11.1 Å². The SMILES string of the molecule is COCCOc1cccc(CNC(=O)COc2ccccc2C(F)(F)F)c1. The van der Waals surface area contributed by atoms with E-state index in [1.807, 2.05) is 0 Å². The van der Waals surface area contributed by atoms with E-state index in [2.05, 4.69) is 5.32 Å². The average molecular weight is 383 g/mol. The van der Waals surface area contributed by atoms with Gasteiger partial charge in [0.05, 0.1) is 12.2 Å². The van der Waals surface area contributed by atoms with Crippen molar-refractivity contribution in [1.82, 2.24) is 5.32 Å². The van der Waals surface area contributed by atoms with Crippen molar-refractivity contribution < 1.29 is 32.2 Å². The second-order valence-electron chi connectivity index (χ2n) is 5.55. The van der Waals surface area contributed by atoms with Crippen LogP contribution in [0, 0.1) is 0 Å². The van der Waals surface area contributed by atoms with Crippen LogP contribution >= 0.6 is 0 Å². The van der Waals surface area contributed by atoms with E-state index in [0.717, 1.165) is 11.6 Å². The van der Waals surface area contributed by atoms with E-state index in [-0.39, 0.29) is 12.3 Å². The third-order valence-corrected chi connectivity index (χ3v) is 3.50. The zero-order chi connectivity index (χ0) is 19.7. The van der Waals surface area contributed by atoms with Crippen molar-refractivity contribution in [2.75, 3.05) is 26.9 Å². The largest absolute Gasteiger partial charge is 0.491 e. The minimum absolute atomic E-state index is 0.199. The van der Waals surface area contributed by atoms with Crippen LogP contribution in [0.5, 0.6) is 11.5 Å². The van der Waals surface area contributed by atoms with E-state index < -0.39 is 24.3 Å². The number of carbonyl (C=O) groups excluding carboxylic acids is 1. The first-order chi connectivity index (χ1) is 12.9. The molecule has 0 spiro atoms. The molecule has 0 radical (unpaired) electrons. The Morgan fingerprint density at radius 2 is 1.81 bits per heavy atom. The summed E-state index contributed by atoms with van der Waals surface area (Å²) in [5, 5.41) is 2.60. The molecule has 5 nitrogen and oxygen atoms in total. The number of alkyl halides is 3. The third-order valence-electron chi connectivity index (χ3n) is 3.50. The van der Waals surface area contributed by atoms with Crippen LogP contribution in [0.4, 0.5) is 13.2 Å². The van der Waals surface area contributed by atoms with Crippen LogP contribution in [-0.2, 0) is 22.3 Å². The molecule has 1 amide bonds. The fourth-order valence-corrected chi connectivity index (χ4v) is 2.21. The van der Waals surface area contributed by atoms with Crippen LogP contribution in [0.3, 0.4) is 0 Å². The van der Waals surface area contributed by atoms with Gasteiger partial charge >= 0.3 is 6.18 Å². The summed E-state index contributed by atoms with van der Waals surface area (Å²) in [6.07, 6.45) is -4.55. The van der Waals surface area contributed by atoms with Crippen LogP contribution in [0.25, 0.3) is 0 Å². The van der Waals surface area contributed by atoms with E-state index in [1.165, 1.54) is 18.2 Å². The molecule has 0 aliphatic rings. The summed E-state index contributed by atoms with van der Waals surface area (Å²) in [5.41, 5.74) is -0.132. The number of halogens is 3. The van der Waals surface area contributed by atoms with Crippen molar-refractivity contribution in [3.63, 3.8) is 0 Å². The van der Waals surface area contributed by atoms with Gasteiger partial charge < -0.3 is 19.5 Å². The lowest BCUT2D eigenvalue weighted by Gasteiger charge is -2.13. The Bertz CT molecular complexity index is 750. The summed E-state index contributed by atoms with van der Waals surface area (Å²) < 4.78 is 54.1. The van der Waals surface area contributed by atoms with Gasteiger partial charge in [-0.05, 0) is 29.8 Å². The zero-order valence-corrected chi connectivity index (χ0v) is 14.7. The molecular weight excluding hydrogens is 363 g/mol. The third kappa shape index (κ3) is 6.82. The first-order valence-electron chi connectivity index (χ1n) is 8.16. The summed E-state index contributed by atoms with van der Waals surface area (Å²) >= 11 is 0. The van der Waals surface area contributed by atoms with Gasteiger partial charge in [-0.3, -0.25) is 4.79 Å². The molecule has 2 rings (SSSR count). The minimum atomic E-state index is -4.55. The highest BCUT2D eigenvalue weighted by Crippen LogP contribution is 2.35. The molecule has 0 saturated heterocycles. The lowest BCUT2D eigenvalue weighted by Crippen LogP contribution is -2.28. The molecule has 8 heteroatoms. The molecule has 0 saturated carbocycles. The number of rotatable bonds is 9. The number of benzene rings is 2. The van der Waals surface area contributed by atoms with Crippen LogP contribution in [0.2, 0.25) is 0 Å². The summed E-state index contributed by atoms with van der Waals surface area (Å²) in [6.45, 7) is 0.540. The molecule has 0 atom stereocenters. The van der Waals surface area contributed by atoms with Gasteiger partial charge in [-0.2, -0.15) is 13.2 Å². The Hall–Kier alpha value is -2.74. The number of hydrogen-bond acceptors (Lipinski definition) is 4. The standard InChI is InChI=1S/C19H20F3NO4/c1-25-9-10-26-15-6-4-5-14(11-15)12-23-18(24)13-27-17-8-3-2-7-16(17)19(20,21)22/h2-8,11H,9-10,12-13H2,1H3,(H,23,24). The maximum Gasteiger partial charge on any atom is 0.419 e. The van der Waals surface area contributed by atoms with Gasteiger partial charge in [-0.1, -0.05) is 24.3 Å². The first kappa shape index (κ1) is 20.6. The summed E-state index contributed by atoms with van der Waals surface area (Å²) in [7, 11) is 1.57. The molecule has 0 unspecified atom stereocenters. The Morgan fingerprint density at radius 3 is 2.56 bits per heavy atom. The van der Waals surface area contributed by atoms with Crippen LogP contribution in [-0.4, -0.2) is 32.8 Å². The second-order valence-corrected chi connectivity index (χ2v) is 5.55. The fraction of sp³-hybridized carbons (Fsp3) is 0.316. The number of hydrogen-bond donors (Lipinski definition) is 1. The van der Waals surface area contributed by atoms with Crippen molar-refractivity contribution in [1.29, 1.82) is 0 Å². The van der Waals surface area contributed by atoms with Crippen LogP contribution < -0.4 is 14.8 Å². The number of amides is 1. The van der Waals surface area contributed by atoms with Gasteiger partial charge in [0.15, 0.2) is 6.61 Å². The molecule has 0 fully saturated rings. The van der Waals surface area contributed by atoms with Crippen molar-refractivity contribution >= 4 is 5.91 Å². The predicted molar refractivity (Wildman–Crippen MR) is 92.6 cm³/mol. The highest BCUT2D eigenvalue weighted by molar-refractivity contribution is 5.77. The predicted octanol–water partition coefficient (Wildman–Crippen LogP) is 3.43. The molecule has 1 N–H and O–H groups in total. The van der Waals surface area contributed by atoms with Crippen molar-refractivity contribution in [2.24, 2.45) is 0 Å². The number of methoxy groups -OCH3 is 1. The number of carbonyl (C=O) groups is 1. The summed E-state index contributed by atoms with van der Waals surface area (Å²) in [4.78, 5) is 11.9. The zero-order valence-electron chi connectivity index (χ0n) is 14.7. The Morgan fingerprint density at radius 1 is 1.04 bits per heavy atom. The molecule has 0 heterocycles. The topological polar surface area (TPSA) is 56.8 Å². The lowest BCUT2D eigenvalue weighted by molar-refractivity contribution is -0.139. The number of ether oxygens (including phenoxy) is 3. The molecule has 0 aliphatic heterocycles. The molecule has 2 aromatic rings. The quantitative estimate of drug-likeness (QED) is 0.674. The smallest absolute Gasteiger partial charge is 0.419 e.